The summed E-state index contributed by atoms with van der Waals surface area (Å²) in [6.07, 6.45) is 0. The number of carbonyl (C=O) groups is 4. The Hall–Kier alpha value is -0.271. The third-order valence-electron chi connectivity index (χ3n) is 0.859. The Morgan fingerprint density at radius 3 is 1.00 bits per heavy atom. The Kier molecular flexibility index (Phi) is 2.69. The Morgan fingerprint density at radius 2 is 1.00 bits per heavy atom. The zero-order valence-corrected chi connectivity index (χ0v) is 10.5. The third kappa shape index (κ3) is 1.41. The van der Waals surface area contributed by atoms with Crippen molar-refractivity contribution in [2.24, 2.45) is 0 Å². The predicted octanol–water partition coefficient (Wildman–Crippen LogP) is -2.28. The van der Waals surface area contributed by atoms with Crippen LogP contribution in [0.2, 0.25) is 0 Å². The van der Waals surface area contributed by atoms with Crippen LogP contribution >= 0.6 is 0 Å². The van der Waals surface area contributed by atoms with Crippen molar-refractivity contribution in [1.29, 1.82) is 0 Å². The summed E-state index contributed by atoms with van der Waals surface area (Å²) >= 11 is -0.371. The molecule has 0 heterocycles. The monoisotopic (exact) mass is 252 g/mol. The molecular formula is C4H7CoGeO4. The van der Waals surface area contributed by atoms with Crippen LogP contribution in [0.1, 0.15) is 0 Å². The predicted molar refractivity (Wildman–Crippen MR) is 36.9 cm³/mol. The molecule has 0 aromatic carbocycles. The van der Waals surface area contributed by atoms with E-state index in [0.29, 0.717) is 0 Å². The third-order valence-corrected chi connectivity index (χ3v) is 8.98. The molecule has 0 spiro atoms. The van der Waals surface area contributed by atoms with Crippen LogP contribution in [0.4, 0.5) is 0 Å². The zero-order chi connectivity index (χ0) is 8.28. The Morgan fingerprint density at radius 1 is 0.800 bits per heavy atom. The quantitative estimate of drug-likeness (QED) is 0.416. The fraction of sp³-hybridized carbons (Fsp3) is 0. The van der Waals surface area contributed by atoms with E-state index in [1.807, 2.05) is 0 Å². The first-order chi connectivity index (χ1) is 4.54. The molecule has 0 saturated carbocycles. The van der Waals surface area contributed by atoms with Crippen molar-refractivity contribution >= 4 is 35.6 Å². The second-order valence-electron chi connectivity index (χ2n) is 1.75. The fourth-order valence-electron chi connectivity index (χ4n) is 0.111. The van der Waals surface area contributed by atoms with Gasteiger partial charge in [-0.25, -0.2) is 0 Å². The molecule has 0 amide bonds. The van der Waals surface area contributed by atoms with Gasteiger partial charge >= 0.3 is 64.4 Å². The minimum absolute atomic E-state index is 0.233. The molecule has 0 atom stereocenters. The van der Waals surface area contributed by atoms with Gasteiger partial charge in [0, 0.05) is 0 Å². The van der Waals surface area contributed by atoms with E-state index in [1.54, 1.807) is 0 Å². The molecule has 0 N–H and O–H groups in total. The zero-order valence-electron chi connectivity index (χ0n) is 5.28. The van der Waals surface area contributed by atoms with E-state index in [0.717, 1.165) is 0 Å². The van der Waals surface area contributed by atoms with Crippen molar-refractivity contribution in [2.45, 2.75) is 0 Å². The SMILES string of the molecule is O=[CH][Co]([GeH3])([CH]=O)([CH]=O)[CH]=O. The van der Waals surface area contributed by atoms with Gasteiger partial charge in [-0.15, -0.1) is 0 Å². The first kappa shape index (κ1) is 9.73. The van der Waals surface area contributed by atoms with Gasteiger partial charge in [-0.2, -0.15) is 0 Å². The maximum absolute atomic E-state index is 10.3. The van der Waals surface area contributed by atoms with Gasteiger partial charge in [-0.05, 0) is 0 Å². The molecule has 0 saturated heterocycles. The van der Waals surface area contributed by atoms with E-state index in [1.165, 1.54) is 0 Å². The first-order valence-electron chi connectivity index (χ1n) is 2.05. The van der Waals surface area contributed by atoms with Crippen molar-refractivity contribution in [1.82, 2.24) is 0 Å². The van der Waals surface area contributed by atoms with Gasteiger partial charge in [0.25, 0.3) is 0 Å². The van der Waals surface area contributed by atoms with E-state index >= 15 is 0 Å². The Bertz CT molecular complexity index is 158. The molecule has 0 aromatic rings. The van der Waals surface area contributed by atoms with E-state index < -0.39 is 9.66 Å². The second kappa shape index (κ2) is 2.77. The molecule has 10 heavy (non-hydrogen) atoms. The average Bonchev–Trinajstić information content (AvgIpc) is 2.04. The minimum atomic E-state index is -3.67. The average molecular weight is 251 g/mol. The van der Waals surface area contributed by atoms with Crippen molar-refractivity contribution in [3.8, 4) is 0 Å². The summed E-state index contributed by atoms with van der Waals surface area (Å²) in [5.74, 6) is 0. The molecule has 0 aliphatic rings. The van der Waals surface area contributed by atoms with Gasteiger partial charge in [-0.3, -0.25) is 0 Å². The number of hydrogen-bond acceptors (Lipinski definition) is 4. The summed E-state index contributed by atoms with van der Waals surface area (Å²) in [5, 5.41) is 0.933. The molecule has 6 heteroatoms. The Labute approximate surface area is 64.6 Å². The van der Waals surface area contributed by atoms with Crippen molar-refractivity contribution in [3.05, 3.63) is 0 Å². The van der Waals surface area contributed by atoms with E-state index in [-0.39, 0.29) is 35.6 Å². The van der Waals surface area contributed by atoms with E-state index in [4.69, 9.17) is 0 Å². The summed E-state index contributed by atoms with van der Waals surface area (Å²) in [7, 11) is -3.67. The summed E-state index contributed by atoms with van der Waals surface area (Å²) in [6, 6.07) is 0. The van der Waals surface area contributed by atoms with Gasteiger partial charge in [0.1, 0.15) is 0 Å². The van der Waals surface area contributed by atoms with Crippen LogP contribution in [0.15, 0.2) is 0 Å². The summed E-state index contributed by atoms with van der Waals surface area (Å²) < 4.78 is 0. The van der Waals surface area contributed by atoms with Crippen LogP contribution in [0, 0.1) is 0 Å². The standard InChI is InChI=1S/4CHO.Co.GeH3/c4*1-2;;/h4*1H;;1H3. The maximum atomic E-state index is 10.3. The summed E-state index contributed by atoms with van der Waals surface area (Å²) in [6.45, 7) is 0. The molecule has 0 aliphatic heterocycles. The molecular weight excluding hydrogens is 244 g/mol. The topological polar surface area (TPSA) is 68.3 Å². The second-order valence-corrected chi connectivity index (χ2v) is 20.5. The molecule has 0 radical (unpaired) electrons. The van der Waals surface area contributed by atoms with Crippen LogP contribution in [-0.4, -0.2) is 35.6 Å². The first-order valence-corrected chi connectivity index (χ1v) is 11.3. The summed E-state index contributed by atoms with van der Waals surface area (Å²) in [5.41, 5.74) is 0. The van der Waals surface area contributed by atoms with Crippen LogP contribution in [-0.2, 0) is 28.8 Å². The number of carbonyl (C=O) groups excluding carboxylic acids is 4. The van der Waals surface area contributed by atoms with Crippen molar-refractivity contribution in [2.75, 3.05) is 0 Å². The Balaban J connectivity index is 5.16. The molecule has 0 aromatic heterocycles. The number of rotatable bonds is 4. The molecule has 0 aliphatic carbocycles. The van der Waals surface area contributed by atoms with Gasteiger partial charge in [-0.1, -0.05) is 0 Å². The van der Waals surface area contributed by atoms with Crippen molar-refractivity contribution in [3.63, 3.8) is 0 Å². The molecule has 0 unspecified atom stereocenters. The fourth-order valence-corrected chi connectivity index (χ4v) is 0.458. The molecule has 60 valence electrons. The van der Waals surface area contributed by atoms with Crippen molar-refractivity contribution < 1.29 is 28.8 Å². The molecule has 4 nitrogen and oxygen atoms in total. The van der Waals surface area contributed by atoms with E-state index in [2.05, 4.69) is 0 Å². The normalized spacial score (nSPS) is 14.6. The van der Waals surface area contributed by atoms with Gasteiger partial charge in [0.05, 0.1) is 0 Å². The van der Waals surface area contributed by atoms with Crippen LogP contribution in [0.3, 0.4) is 0 Å². The van der Waals surface area contributed by atoms with Crippen LogP contribution in [0.5, 0.6) is 0 Å². The molecule has 0 fully saturated rings. The van der Waals surface area contributed by atoms with Gasteiger partial charge in [0.2, 0.25) is 0 Å². The van der Waals surface area contributed by atoms with Gasteiger partial charge in [0.15, 0.2) is 0 Å². The van der Waals surface area contributed by atoms with Crippen LogP contribution in [0.25, 0.3) is 0 Å². The molecule has 0 bridgehead atoms. The number of hydrogen-bond donors (Lipinski definition) is 0. The van der Waals surface area contributed by atoms with Crippen LogP contribution < -0.4 is 0 Å². The van der Waals surface area contributed by atoms with E-state index in [9.17, 15) is 19.2 Å². The summed E-state index contributed by atoms with van der Waals surface area (Å²) in [4.78, 5) is 41.0. The van der Waals surface area contributed by atoms with Gasteiger partial charge < -0.3 is 0 Å². The molecule has 0 rings (SSSR count).